The number of morpholine rings is 1. The van der Waals surface area contributed by atoms with Crippen LogP contribution in [0, 0.1) is 6.92 Å². The van der Waals surface area contributed by atoms with Crippen molar-refractivity contribution >= 4 is 6.03 Å². The Morgan fingerprint density at radius 3 is 2.75 bits per heavy atom. The molecule has 1 heterocycles. The van der Waals surface area contributed by atoms with E-state index in [4.69, 9.17) is 9.47 Å². The molecule has 0 aromatic heterocycles. The summed E-state index contributed by atoms with van der Waals surface area (Å²) in [5.74, 6) is 0.797. The Kier molecular flexibility index (Phi) is 4.84. The summed E-state index contributed by atoms with van der Waals surface area (Å²) >= 11 is 0. The molecule has 1 atom stereocenters. The zero-order valence-corrected chi connectivity index (χ0v) is 12.3. The summed E-state index contributed by atoms with van der Waals surface area (Å²) < 4.78 is 10.6. The number of ether oxygens (including phenoxy) is 2. The van der Waals surface area contributed by atoms with Gasteiger partial charge in [-0.15, -0.1) is 0 Å². The fourth-order valence-electron chi connectivity index (χ4n) is 2.31. The molecule has 1 aliphatic heterocycles. The van der Waals surface area contributed by atoms with Gasteiger partial charge in [-0.2, -0.15) is 0 Å². The van der Waals surface area contributed by atoms with E-state index in [1.54, 1.807) is 12.0 Å². The largest absolute Gasteiger partial charge is 0.496 e. The number of nitrogens with zero attached hydrogens (tertiary/aromatic N) is 1. The van der Waals surface area contributed by atoms with Crippen LogP contribution in [0.15, 0.2) is 18.2 Å². The lowest BCUT2D eigenvalue weighted by Gasteiger charge is -2.29. The maximum Gasteiger partial charge on any atom is 0.318 e. The molecule has 5 nitrogen and oxygen atoms in total. The van der Waals surface area contributed by atoms with Crippen molar-refractivity contribution in [1.29, 1.82) is 0 Å². The number of amides is 2. The van der Waals surface area contributed by atoms with Gasteiger partial charge in [0.2, 0.25) is 0 Å². The molecule has 20 heavy (non-hydrogen) atoms. The lowest BCUT2D eigenvalue weighted by Crippen LogP contribution is -2.46. The van der Waals surface area contributed by atoms with E-state index < -0.39 is 0 Å². The maximum absolute atomic E-state index is 12.2. The third-order valence-electron chi connectivity index (χ3n) is 3.49. The molecule has 0 radical (unpaired) electrons. The minimum absolute atomic E-state index is 0.0515. The Labute approximate surface area is 119 Å². The van der Waals surface area contributed by atoms with Gasteiger partial charge in [0.15, 0.2) is 0 Å². The molecule has 1 saturated heterocycles. The van der Waals surface area contributed by atoms with Crippen LogP contribution in [-0.2, 0) is 4.74 Å². The standard InChI is InChI=1S/C15H22N2O3/c1-11-4-5-14(19-3)13(10-11)12(2)16-15(18)17-6-8-20-9-7-17/h4-5,10,12H,6-9H2,1-3H3,(H,16,18). The van der Waals surface area contributed by atoms with Gasteiger partial charge >= 0.3 is 6.03 Å². The average Bonchev–Trinajstić information content (AvgIpc) is 2.48. The monoisotopic (exact) mass is 278 g/mol. The smallest absolute Gasteiger partial charge is 0.318 e. The number of benzene rings is 1. The first kappa shape index (κ1) is 14.7. The predicted molar refractivity (Wildman–Crippen MR) is 77.1 cm³/mol. The highest BCUT2D eigenvalue weighted by Crippen LogP contribution is 2.26. The van der Waals surface area contributed by atoms with Crippen LogP contribution in [0.2, 0.25) is 0 Å². The molecule has 2 amide bonds. The molecule has 1 N–H and O–H groups in total. The van der Waals surface area contributed by atoms with Crippen LogP contribution in [0.4, 0.5) is 4.79 Å². The molecule has 0 bridgehead atoms. The summed E-state index contributed by atoms with van der Waals surface area (Å²) in [6.07, 6.45) is 0. The quantitative estimate of drug-likeness (QED) is 0.921. The van der Waals surface area contributed by atoms with E-state index in [1.165, 1.54) is 0 Å². The fourth-order valence-corrected chi connectivity index (χ4v) is 2.31. The van der Waals surface area contributed by atoms with Gasteiger partial charge < -0.3 is 19.7 Å². The van der Waals surface area contributed by atoms with E-state index in [2.05, 4.69) is 5.32 Å². The first-order valence-corrected chi connectivity index (χ1v) is 6.89. The molecule has 1 aromatic carbocycles. The SMILES string of the molecule is COc1ccc(C)cc1C(C)NC(=O)N1CCOCC1. The summed E-state index contributed by atoms with van der Waals surface area (Å²) in [4.78, 5) is 14.0. The van der Waals surface area contributed by atoms with Crippen molar-refractivity contribution in [2.24, 2.45) is 0 Å². The number of methoxy groups -OCH3 is 1. The van der Waals surface area contributed by atoms with Gasteiger partial charge in [-0.25, -0.2) is 4.79 Å². The maximum atomic E-state index is 12.2. The second-order valence-electron chi connectivity index (χ2n) is 5.02. The number of carbonyl (C=O) groups excluding carboxylic acids is 1. The molecule has 0 saturated carbocycles. The second kappa shape index (κ2) is 6.61. The zero-order chi connectivity index (χ0) is 14.5. The van der Waals surface area contributed by atoms with Crippen molar-refractivity contribution in [3.8, 4) is 5.75 Å². The van der Waals surface area contributed by atoms with E-state index in [1.807, 2.05) is 32.0 Å². The van der Waals surface area contributed by atoms with Gasteiger partial charge in [0.1, 0.15) is 5.75 Å². The highest BCUT2D eigenvalue weighted by atomic mass is 16.5. The van der Waals surface area contributed by atoms with Crippen LogP contribution >= 0.6 is 0 Å². The van der Waals surface area contributed by atoms with E-state index in [0.717, 1.165) is 16.9 Å². The van der Waals surface area contributed by atoms with Crippen LogP contribution in [0.1, 0.15) is 24.1 Å². The zero-order valence-electron chi connectivity index (χ0n) is 12.3. The first-order valence-electron chi connectivity index (χ1n) is 6.89. The average molecular weight is 278 g/mol. The van der Waals surface area contributed by atoms with Crippen molar-refractivity contribution in [1.82, 2.24) is 10.2 Å². The van der Waals surface area contributed by atoms with Crippen LogP contribution in [0.3, 0.4) is 0 Å². The van der Waals surface area contributed by atoms with E-state index in [9.17, 15) is 4.79 Å². The lowest BCUT2D eigenvalue weighted by atomic mass is 10.0. The normalized spacial score (nSPS) is 16.6. The minimum Gasteiger partial charge on any atom is -0.496 e. The molecule has 1 aromatic rings. The Balaban J connectivity index is 2.05. The Hall–Kier alpha value is -1.75. The Morgan fingerprint density at radius 1 is 1.40 bits per heavy atom. The second-order valence-corrected chi connectivity index (χ2v) is 5.02. The van der Waals surface area contributed by atoms with E-state index in [-0.39, 0.29) is 12.1 Å². The molecule has 1 aliphatic rings. The summed E-state index contributed by atoms with van der Waals surface area (Å²) in [5, 5.41) is 3.02. The van der Waals surface area contributed by atoms with Crippen molar-refractivity contribution in [3.05, 3.63) is 29.3 Å². The number of carbonyl (C=O) groups is 1. The van der Waals surface area contributed by atoms with Gasteiger partial charge in [-0.3, -0.25) is 0 Å². The number of hydrogen-bond donors (Lipinski definition) is 1. The van der Waals surface area contributed by atoms with E-state index >= 15 is 0 Å². The molecular formula is C15H22N2O3. The number of hydrogen-bond acceptors (Lipinski definition) is 3. The third-order valence-corrected chi connectivity index (χ3v) is 3.49. The van der Waals surface area contributed by atoms with Crippen LogP contribution in [0.25, 0.3) is 0 Å². The number of rotatable bonds is 3. The number of aryl methyl sites for hydroxylation is 1. The number of urea groups is 1. The van der Waals surface area contributed by atoms with Crippen molar-refractivity contribution in [3.63, 3.8) is 0 Å². The van der Waals surface area contributed by atoms with Crippen molar-refractivity contribution < 1.29 is 14.3 Å². The van der Waals surface area contributed by atoms with Gasteiger partial charge in [-0.05, 0) is 19.9 Å². The van der Waals surface area contributed by atoms with Gasteiger partial charge in [0.25, 0.3) is 0 Å². The molecule has 2 rings (SSSR count). The molecule has 5 heteroatoms. The third kappa shape index (κ3) is 3.42. The Bertz CT molecular complexity index is 470. The van der Waals surface area contributed by atoms with Gasteiger partial charge in [-0.1, -0.05) is 17.7 Å². The predicted octanol–water partition coefficient (Wildman–Crippen LogP) is 2.11. The molecule has 110 valence electrons. The lowest BCUT2D eigenvalue weighted by molar-refractivity contribution is 0.0526. The summed E-state index contributed by atoms with van der Waals surface area (Å²) in [5.41, 5.74) is 2.14. The van der Waals surface area contributed by atoms with Crippen LogP contribution in [0.5, 0.6) is 5.75 Å². The molecule has 0 spiro atoms. The number of nitrogens with one attached hydrogen (secondary N) is 1. The van der Waals surface area contributed by atoms with Gasteiger partial charge in [0, 0.05) is 18.7 Å². The van der Waals surface area contributed by atoms with Crippen molar-refractivity contribution in [2.45, 2.75) is 19.9 Å². The highest BCUT2D eigenvalue weighted by Gasteiger charge is 2.20. The molecule has 1 unspecified atom stereocenters. The topological polar surface area (TPSA) is 50.8 Å². The summed E-state index contributed by atoms with van der Waals surface area (Å²) in [7, 11) is 1.64. The molecule has 1 fully saturated rings. The first-order chi connectivity index (χ1) is 9.61. The molecule has 0 aliphatic carbocycles. The summed E-state index contributed by atoms with van der Waals surface area (Å²) in [6.45, 7) is 6.49. The van der Waals surface area contributed by atoms with E-state index in [0.29, 0.717) is 26.3 Å². The Morgan fingerprint density at radius 2 is 2.10 bits per heavy atom. The highest BCUT2D eigenvalue weighted by molar-refractivity contribution is 5.75. The van der Waals surface area contributed by atoms with Crippen molar-refractivity contribution in [2.75, 3.05) is 33.4 Å². The van der Waals surface area contributed by atoms with Gasteiger partial charge in [0.05, 0.1) is 26.4 Å². The molecular weight excluding hydrogens is 256 g/mol. The summed E-state index contributed by atoms with van der Waals surface area (Å²) in [6, 6.07) is 5.83. The van der Waals surface area contributed by atoms with Crippen LogP contribution in [-0.4, -0.2) is 44.3 Å². The minimum atomic E-state index is -0.0970. The fraction of sp³-hybridized carbons (Fsp3) is 0.533. The van der Waals surface area contributed by atoms with Crippen LogP contribution < -0.4 is 10.1 Å².